The molecule has 102 valence electrons. The van der Waals surface area contributed by atoms with Crippen LogP contribution in [0.5, 0.6) is 0 Å². The van der Waals surface area contributed by atoms with E-state index in [2.05, 4.69) is 30.7 Å². The molecule has 0 aromatic carbocycles. The second kappa shape index (κ2) is 4.71. The van der Waals surface area contributed by atoms with Crippen LogP contribution in [0, 0.1) is 11.3 Å². The van der Waals surface area contributed by atoms with Gasteiger partial charge in [-0.3, -0.25) is 0 Å². The van der Waals surface area contributed by atoms with Gasteiger partial charge in [0.1, 0.15) is 16.3 Å². The summed E-state index contributed by atoms with van der Waals surface area (Å²) in [5.74, 6) is 0.735. The molecule has 2 aromatic heterocycles. The van der Waals surface area contributed by atoms with Crippen LogP contribution in [0.2, 0.25) is 5.15 Å². The molecular formula is C15H19ClN2S. The van der Waals surface area contributed by atoms with E-state index >= 15 is 0 Å². The number of hydrogen-bond acceptors (Lipinski definition) is 3. The number of aryl methyl sites for hydroxylation is 1. The third-order valence-corrected chi connectivity index (χ3v) is 6.30. The summed E-state index contributed by atoms with van der Waals surface area (Å²) in [6.07, 6.45) is 6.37. The molecule has 19 heavy (non-hydrogen) atoms. The molecule has 0 unspecified atom stereocenters. The van der Waals surface area contributed by atoms with Crippen LogP contribution in [0.3, 0.4) is 0 Å². The highest BCUT2D eigenvalue weighted by Crippen LogP contribution is 2.45. The molecule has 1 aliphatic rings. The topological polar surface area (TPSA) is 25.8 Å². The minimum atomic E-state index is 0.397. The van der Waals surface area contributed by atoms with Crippen molar-refractivity contribution < 1.29 is 0 Å². The van der Waals surface area contributed by atoms with E-state index in [0.29, 0.717) is 10.6 Å². The monoisotopic (exact) mass is 294 g/mol. The van der Waals surface area contributed by atoms with Gasteiger partial charge in [-0.15, -0.1) is 11.3 Å². The van der Waals surface area contributed by atoms with Crippen molar-refractivity contribution in [3.8, 4) is 0 Å². The van der Waals surface area contributed by atoms with Gasteiger partial charge in [0.05, 0.1) is 5.39 Å². The Labute approximate surface area is 123 Å². The zero-order valence-corrected chi connectivity index (χ0v) is 13.2. The molecule has 2 nitrogen and oxygen atoms in total. The Hall–Kier alpha value is -0.670. The van der Waals surface area contributed by atoms with Gasteiger partial charge < -0.3 is 0 Å². The number of halogens is 1. The summed E-state index contributed by atoms with van der Waals surface area (Å²) in [7, 11) is 0. The second-order valence-electron chi connectivity index (χ2n) is 6.13. The number of thiophene rings is 1. The molecular weight excluding hydrogens is 276 g/mol. The fourth-order valence-electron chi connectivity index (χ4n) is 3.03. The first kappa shape index (κ1) is 13.3. The number of nitrogens with zero attached hydrogens (tertiary/aromatic N) is 2. The lowest BCUT2D eigenvalue weighted by Gasteiger charge is -2.36. The molecule has 0 amide bonds. The van der Waals surface area contributed by atoms with Crippen LogP contribution in [-0.2, 0) is 12.8 Å². The molecule has 2 aromatic rings. The molecule has 0 N–H and O–H groups in total. The van der Waals surface area contributed by atoms with Crippen molar-refractivity contribution in [2.75, 3.05) is 0 Å². The maximum Gasteiger partial charge on any atom is 0.141 e. The first-order chi connectivity index (χ1) is 9.03. The van der Waals surface area contributed by atoms with Gasteiger partial charge in [0.2, 0.25) is 0 Å². The van der Waals surface area contributed by atoms with Crippen LogP contribution in [0.15, 0.2) is 6.33 Å². The predicted molar refractivity (Wildman–Crippen MR) is 82.0 cm³/mol. The van der Waals surface area contributed by atoms with Crippen LogP contribution in [0.4, 0.5) is 0 Å². The van der Waals surface area contributed by atoms with E-state index in [4.69, 9.17) is 11.6 Å². The van der Waals surface area contributed by atoms with Gasteiger partial charge >= 0.3 is 0 Å². The van der Waals surface area contributed by atoms with Gasteiger partial charge in [-0.2, -0.15) is 0 Å². The highest BCUT2D eigenvalue weighted by Gasteiger charge is 2.33. The van der Waals surface area contributed by atoms with Crippen molar-refractivity contribution in [3.63, 3.8) is 0 Å². The van der Waals surface area contributed by atoms with Crippen LogP contribution in [0.1, 0.15) is 44.1 Å². The lowest BCUT2D eigenvalue weighted by atomic mass is 9.69. The number of hydrogen-bond donors (Lipinski definition) is 0. The maximum atomic E-state index is 6.29. The molecule has 0 aliphatic heterocycles. The maximum absolute atomic E-state index is 6.29. The Morgan fingerprint density at radius 1 is 1.42 bits per heavy atom. The van der Waals surface area contributed by atoms with Gasteiger partial charge in [0.15, 0.2) is 0 Å². The number of aromatic nitrogens is 2. The molecule has 0 spiro atoms. The van der Waals surface area contributed by atoms with Crippen molar-refractivity contribution in [2.45, 2.75) is 46.5 Å². The molecule has 1 aliphatic carbocycles. The molecule has 2 heterocycles. The standard InChI is InChI=1S/C15H19ClN2S/c1-4-15(2,3)9-5-6-11-10(7-9)12-13(16)17-8-18-14(12)19-11/h8-9H,4-7H2,1-3H3/t9-/m1/s1. The summed E-state index contributed by atoms with van der Waals surface area (Å²) < 4.78 is 0. The highest BCUT2D eigenvalue weighted by atomic mass is 35.5. The quantitative estimate of drug-likeness (QED) is 0.737. The molecule has 0 radical (unpaired) electrons. The minimum absolute atomic E-state index is 0.397. The van der Waals surface area contributed by atoms with Gasteiger partial charge in [-0.25, -0.2) is 9.97 Å². The average Bonchev–Trinajstić information content (AvgIpc) is 2.77. The van der Waals surface area contributed by atoms with E-state index < -0.39 is 0 Å². The molecule has 1 atom stereocenters. The van der Waals surface area contributed by atoms with Crippen molar-refractivity contribution in [1.82, 2.24) is 9.97 Å². The summed E-state index contributed by atoms with van der Waals surface area (Å²) in [5, 5.41) is 1.73. The molecule has 0 fully saturated rings. The van der Waals surface area contributed by atoms with Crippen molar-refractivity contribution in [2.24, 2.45) is 11.3 Å². The van der Waals surface area contributed by atoms with Crippen LogP contribution in [-0.4, -0.2) is 9.97 Å². The molecule has 4 heteroatoms. The minimum Gasteiger partial charge on any atom is -0.225 e. The molecule has 3 rings (SSSR count). The van der Waals surface area contributed by atoms with Crippen molar-refractivity contribution in [1.29, 1.82) is 0 Å². The summed E-state index contributed by atoms with van der Waals surface area (Å²) in [6, 6.07) is 0. The summed E-state index contributed by atoms with van der Waals surface area (Å²) in [4.78, 5) is 11.1. The normalized spacial score (nSPS) is 19.7. The van der Waals surface area contributed by atoms with E-state index in [0.717, 1.165) is 22.6 Å². The van der Waals surface area contributed by atoms with Crippen molar-refractivity contribution >= 4 is 33.2 Å². The lowest BCUT2D eigenvalue weighted by Crippen LogP contribution is -2.28. The Bertz CT molecular complexity index is 618. The van der Waals surface area contributed by atoms with E-state index in [1.54, 1.807) is 17.7 Å². The van der Waals surface area contributed by atoms with Crippen LogP contribution in [0.25, 0.3) is 10.2 Å². The predicted octanol–water partition coefficient (Wildman–Crippen LogP) is 4.89. The van der Waals surface area contributed by atoms with Crippen molar-refractivity contribution in [3.05, 3.63) is 21.9 Å². The largest absolute Gasteiger partial charge is 0.225 e. The average molecular weight is 295 g/mol. The Kier molecular flexibility index (Phi) is 3.30. The number of rotatable bonds is 2. The Balaban J connectivity index is 2.07. The Morgan fingerprint density at radius 2 is 2.21 bits per heavy atom. The SMILES string of the molecule is CCC(C)(C)[C@@H]1CCc2sc3ncnc(Cl)c3c2C1. The Morgan fingerprint density at radius 3 is 2.95 bits per heavy atom. The van der Waals surface area contributed by atoms with Gasteiger partial charge in [-0.1, -0.05) is 38.8 Å². The second-order valence-corrected chi connectivity index (χ2v) is 7.57. The zero-order valence-electron chi connectivity index (χ0n) is 11.7. The molecule has 0 bridgehead atoms. The summed E-state index contributed by atoms with van der Waals surface area (Å²) in [5.41, 5.74) is 1.82. The molecule has 0 saturated heterocycles. The summed E-state index contributed by atoms with van der Waals surface area (Å²) in [6.45, 7) is 7.06. The zero-order chi connectivity index (χ0) is 13.6. The third-order valence-electron chi connectivity index (χ3n) is 4.81. The van der Waals surface area contributed by atoms with E-state index in [-0.39, 0.29) is 0 Å². The van der Waals surface area contributed by atoms with Crippen LogP contribution < -0.4 is 0 Å². The lowest BCUT2D eigenvalue weighted by molar-refractivity contribution is 0.184. The van der Waals surface area contributed by atoms with E-state index in [9.17, 15) is 0 Å². The third kappa shape index (κ3) is 2.17. The fourth-order valence-corrected chi connectivity index (χ4v) is 4.51. The first-order valence-corrected chi connectivity index (χ1v) is 8.13. The highest BCUT2D eigenvalue weighted by molar-refractivity contribution is 7.19. The fraction of sp³-hybridized carbons (Fsp3) is 0.600. The van der Waals surface area contributed by atoms with Gasteiger partial charge in [0, 0.05) is 4.88 Å². The first-order valence-electron chi connectivity index (χ1n) is 6.93. The van der Waals surface area contributed by atoms with E-state index in [1.165, 1.54) is 29.7 Å². The smallest absolute Gasteiger partial charge is 0.141 e. The van der Waals surface area contributed by atoms with Crippen LogP contribution >= 0.6 is 22.9 Å². The van der Waals surface area contributed by atoms with Gasteiger partial charge in [0.25, 0.3) is 0 Å². The summed E-state index contributed by atoms with van der Waals surface area (Å²) >= 11 is 8.09. The molecule has 0 saturated carbocycles. The van der Waals surface area contributed by atoms with Gasteiger partial charge in [-0.05, 0) is 36.2 Å². The number of fused-ring (bicyclic) bond motifs is 3. The van der Waals surface area contributed by atoms with E-state index in [1.807, 2.05) is 0 Å².